The molecule has 0 saturated carbocycles. The summed E-state index contributed by atoms with van der Waals surface area (Å²) in [6.45, 7) is 0.461. The molecule has 0 saturated heterocycles. The molecule has 2 heterocycles. The van der Waals surface area contributed by atoms with Crippen LogP contribution >= 0.6 is 11.6 Å². The van der Waals surface area contributed by atoms with E-state index < -0.39 is 10.0 Å². The van der Waals surface area contributed by atoms with Crippen molar-refractivity contribution < 1.29 is 13.2 Å². The number of amides is 1. The minimum Gasteiger partial charge on any atom is -0.348 e. The van der Waals surface area contributed by atoms with Crippen molar-refractivity contribution in [3.63, 3.8) is 0 Å². The van der Waals surface area contributed by atoms with E-state index in [1.807, 2.05) is 0 Å². The van der Waals surface area contributed by atoms with E-state index in [-0.39, 0.29) is 16.0 Å². The number of carbonyl (C=O) groups excluding carboxylic acids is 1. The first-order valence-electron chi connectivity index (χ1n) is 6.01. The van der Waals surface area contributed by atoms with Gasteiger partial charge in [-0.1, -0.05) is 17.7 Å². The van der Waals surface area contributed by atoms with Gasteiger partial charge in [-0.2, -0.15) is 0 Å². The summed E-state index contributed by atoms with van der Waals surface area (Å²) in [5.41, 5.74) is 1.64. The lowest BCUT2D eigenvalue weighted by molar-refractivity contribution is 0.0966. The van der Waals surface area contributed by atoms with Crippen LogP contribution in [0.2, 0.25) is 5.15 Å². The standard InChI is InChI=1S/C13H10ClN3O3S/c14-12-4-3-10(7-15-12)21(19,20)17-9-2-1-8-6-16-13(18)11(8)5-9/h1-5,7,17H,6H2,(H,16,18). The summed E-state index contributed by atoms with van der Waals surface area (Å²) >= 11 is 5.63. The summed E-state index contributed by atoms with van der Waals surface area (Å²) in [6.07, 6.45) is 1.17. The van der Waals surface area contributed by atoms with Crippen LogP contribution in [0.3, 0.4) is 0 Å². The molecule has 108 valence electrons. The molecule has 21 heavy (non-hydrogen) atoms. The largest absolute Gasteiger partial charge is 0.348 e. The summed E-state index contributed by atoms with van der Waals surface area (Å²) in [5, 5.41) is 2.88. The van der Waals surface area contributed by atoms with E-state index in [9.17, 15) is 13.2 Å². The maximum atomic E-state index is 12.2. The molecule has 0 fully saturated rings. The maximum Gasteiger partial charge on any atom is 0.263 e. The first-order valence-corrected chi connectivity index (χ1v) is 7.87. The fourth-order valence-corrected chi connectivity index (χ4v) is 3.12. The van der Waals surface area contributed by atoms with Gasteiger partial charge in [0, 0.05) is 24.0 Å². The number of aromatic nitrogens is 1. The fourth-order valence-electron chi connectivity index (χ4n) is 2.01. The molecule has 0 radical (unpaired) electrons. The van der Waals surface area contributed by atoms with Crippen LogP contribution in [0, 0.1) is 0 Å². The highest BCUT2D eigenvalue weighted by atomic mass is 35.5. The van der Waals surface area contributed by atoms with Crippen molar-refractivity contribution in [3.8, 4) is 0 Å². The van der Waals surface area contributed by atoms with E-state index in [1.54, 1.807) is 12.1 Å². The van der Waals surface area contributed by atoms with Crippen LogP contribution in [0.25, 0.3) is 0 Å². The minimum absolute atomic E-state index is 0.00292. The molecule has 6 nitrogen and oxygen atoms in total. The number of sulfonamides is 1. The summed E-state index contributed by atoms with van der Waals surface area (Å²) in [5.74, 6) is -0.209. The predicted octanol–water partition coefficient (Wildman–Crippen LogP) is 1.78. The molecule has 0 spiro atoms. The number of halogens is 1. The zero-order chi connectivity index (χ0) is 15.0. The molecule has 0 aliphatic carbocycles. The Kier molecular flexibility index (Phi) is 3.30. The number of fused-ring (bicyclic) bond motifs is 1. The Balaban J connectivity index is 1.91. The van der Waals surface area contributed by atoms with Gasteiger partial charge in [-0.25, -0.2) is 13.4 Å². The highest BCUT2D eigenvalue weighted by Gasteiger charge is 2.20. The lowest BCUT2D eigenvalue weighted by atomic mass is 10.1. The van der Waals surface area contributed by atoms with Crippen molar-refractivity contribution in [2.45, 2.75) is 11.4 Å². The number of nitrogens with zero attached hydrogens (tertiary/aromatic N) is 1. The molecule has 1 aliphatic heterocycles. The van der Waals surface area contributed by atoms with E-state index in [2.05, 4.69) is 15.0 Å². The zero-order valence-electron chi connectivity index (χ0n) is 10.6. The van der Waals surface area contributed by atoms with Gasteiger partial charge in [-0.15, -0.1) is 0 Å². The van der Waals surface area contributed by atoms with Crippen molar-refractivity contribution in [1.29, 1.82) is 0 Å². The Labute approximate surface area is 126 Å². The topological polar surface area (TPSA) is 88.2 Å². The Bertz CT molecular complexity index is 819. The van der Waals surface area contributed by atoms with Gasteiger partial charge in [-0.3, -0.25) is 9.52 Å². The van der Waals surface area contributed by atoms with E-state index in [4.69, 9.17) is 11.6 Å². The number of carbonyl (C=O) groups is 1. The lowest BCUT2D eigenvalue weighted by Crippen LogP contribution is -2.14. The van der Waals surface area contributed by atoms with Crippen molar-refractivity contribution in [2.24, 2.45) is 0 Å². The predicted molar refractivity (Wildman–Crippen MR) is 77.7 cm³/mol. The van der Waals surface area contributed by atoms with Crippen molar-refractivity contribution >= 4 is 33.2 Å². The average molecular weight is 324 g/mol. The zero-order valence-corrected chi connectivity index (χ0v) is 12.2. The van der Waals surface area contributed by atoms with Crippen molar-refractivity contribution in [3.05, 3.63) is 52.8 Å². The lowest BCUT2D eigenvalue weighted by Gasteiger charge is -2.08. The second kappa shape index (κ2) is 5.01. The van der Waals surface area contributed by atoms with Crippen LogP contribution in [-0.4, -0.2) is 19.3 Å². The summed E-state index contributed by atoms with van der Waals surface area (Å²) in [4.78, 5) is 15.3. The number of hydrogen-bond donors (Lipinski definition) is 2. The Morgan fingerprint density at radius 2 is 2.05 bits per heavy atom. The minimum atomic E-state index is -3.77. The van der Waals surface area contributed by atoms with E-state index in [0.717, 1.165) is 5.56 Å². The highest BCUT2D eigenvalue weighted by Crippen LogP contribution is 2.22. The number of nitrogens with one attached hydrogen (secondary N) is 2. The number of rotatable bonds is 3. The van der Waals surface area contributed by atoms with E-state index in [1.165, 1.54) is 24.4 Å². The van der Waals surface area contributed by atoms with E-state index >= 15 is 0 Å². The molecular weight excluding hydrogens is 314 g/mol. The fraction of sp³-hybridized carbons (Fsp3) is 0.0769. The quantitative estimate of drug-likeness (QED) is 0.843. The van der Waals surface area contributed by atoms with Crippen LogP contribution < -0.4 is 10.0 Å². The van der Waals surface area contributed by atoms with Gasteiger partial charge < -0.3 is 5.32 Å². The van der Waals surface area contributed by atoms with Gasteiger partial charge in [0.05, 0.1) is 0 Å². The summed E-state index contributed by atoms with van der Waals surface area (Å²) in [7, 11) is -3.77. The molecule has 2 aromatic rings. The van der Waals surface area contributed by atoms with Gasteiger partial charge in [0.15, 0.2) is 0 Å². The molecule has 0 unspecified atom stereocenters. The number of hydrogen-bond acceptors (Lipinski definition) is 4. The Morgan fingerprint density at radius 1 is 1.24 bits per heavy atom. The number of anilines is 1. The molecular formula is C13H10ClN3O3S. The van der Waals surface area contributed by atoms with Crippen LogP contribution in [0.5, 0.6) is 0 Å². The highest BCUT2D eigenvalue weighted by molar-refractivity contribution is 7.92. The van der Waals surface area contributed by atoms with Crippen molar-refractivity contribution in [1.82, 2.24) is 10.3 Å². The molecule has 0 bridgehead atoms. The first kappa shape index (κ1) is 13.8. The molecule has 1 aromatic carbocycles. The molecule has 1 aliphatic rings. The second-order valence-electron chi connectivity index (χ2n) is 4.48. The first-order chi connectivity index (χ1) is 9.95. The van der Waals surface area contributed by atoms with Gasteiger partial charge in [0.2, 0.25) is 0 Å². The smallest absolute Gasteiger partial charge is 0.263 e. The molecule has 3 rings (SSSR count). The van der Waals surface area contributed by atoms with Gasteiger partial charge >= 0.3 is 0 Å². The van der Waals surface area contributed by atoms with E-state index in [0.29, 0.717) is 17.8 Å². The monoisotopic (exact) mass is 323 g/mol. The number of pyridine rings is 1. The van der Waals surface area contributed by atoms with Crippen molar-refractivity contribution in [2.75, 3.05) is 4.72 Å². The normalized spacial score (nSPS) is 13.7. The van der Waals surface area contributed by atoms with Gasteiger partial charge in [0.1, 0.15) is 10.0 Å². The SMILES string of the molecule is O=C1NCc2ccc(NS(=O)(=O)c3ccc(Cl)nc3)cc21. The average Bonchev–Trinajstić information content (AvgIpc) is 2.80. The third-order valence-corrected chi connectivity index (χ3v) is 4.65. The third kappa shape index (κ3) is 2.70. The molecule has 8 heteroatoms. The van der Waals surface area contributed by atoms with Gasteiger partial charge in [0.25, 0.3) is 15.9 Å². The van der Waals surface area contributed by atoms with Gasteiger partial charge in [-0.05, 0) is 29.8 Å². The second-order valence-corrected chi connectivity index (χ2v) is 6.55. The number of benzene rings is 1. The molecule has 0 atom stereocenters. The Morgan fingerprint density at radius 3 is 2.76 bits per heavy atom. The third-order valence-electron chi connectivity index (χ3n) is 3.06. The van der Waals surface area contributed by atoms with Crippen LogP contribution in [0.1, 0.15) is 15.9 Å². The summed E-state index contributed by atoms with van der Waals surface area (Å²) < 4.78 is 26.8. The van der Waals surface area contributed by atoms with Crippen LogP contribution in [-0.2, 0) is 16.6 Å². The Hall–Kier alpha value is -2.12. The molecule has 1 amide bonds. The molecule has 1 aromatic heterocycles. The summed E-state index contributed by atoms with van der Waals surface area (Å²) in [6, 6.07) is 7.59. The van der Waals surface area contributed by atoms with Crippen LogP contribution in [0.15, 0.2) is 41.4 Å². The van der Waals surface area contributed by atoms with Crippen LogP contribution in [0.4, 0.5) is 5.69 Å². The molecule has 2 N–H and O–H groups in total. The maximum absolute atomic E-state index is 12.2.